The highest BCUT2D eigenvalue weighted by Crippen LogP contribution is 2.24. The van der Waals surface area contributed by atoms with Crippen LogP contribution in [-0.4, -0.2) is 10.5 Å². The zero-order chi connectivity index (χ0) is 14.8. The molecule has 0 fully saturated rings. The minimum absolute atomic E-state index is 0.0849. The van der Waals surface area contributed by atoms with Crippen molar-refractivity contribution in [2.75, 3.05) is 0 Å². The number of thiazole rings is 1. The van der Waals surface area contributed by atoms with E-state index in [9.17, 15) is 9.18 Å². The van der Waals surface area contributed by atoms with Crippen molar-refractivity contribution in [1.29, 1.82) is 0 Å². The van der Waals surface area contributed by atoms with Gasteiger partial charge in [-0.15, -0.1) is 11.3 Å². The van der Waals surface area contributed by atoms with Gasteiger partial charge in [0.1, 0.15) is 11.6 Å². The maximum atomic E-state index is 13.7. The molecule has 0 aliphatic carbocycles. The van der Waals surface area contributed by atoms with Crippen molar-refractivity contribution in [3.8, 4) is 11.3 Å². The summed E-state index contributed by atoms with van der Waals surface area (Å²) in [6.45, 7) is 0. The Balaban J connectivity index is 1.94. The van der Waals surface area contributed by atoms with Gasteiger partial charge in [0, 0.05) is 18.6 Å². The molecule has 0 spiro atoms. The Morgan fingerprint density at radius 2 is 2.10 bits per heavy atom. The fraction of sp³-hybridized carbons (Fsp3) is 0.0667. The van der Waals surface area contributed by atoms with Crippen molar-refractivity contribution in [1.82, 2.24) is 4.57 Å². The summed E-state index contributed by atoms with van der Waals surface area (Å²) in [6, 6.07) is 9.31. The predicted octanol–water partition coefficient (Wildman–Crippen LogP) is 3.23. The Morgan fingerprint density at radius 1 is 1.29 bits per heavy atom. The third-order valence-corrected chi connectivity index (χ3v) is 3.76. The van der Waals surface area contributed by atoms with Crippen LogP contribution in [0.15, 0.2) is 57.4 Å². The maximum Gasteiger partial charge on any atom is 0.315 e. The number of amides is 1. The summed E-state index contributed by atoms with van der Waals surface area (Å²) in [4.78, 5) is 16.6. The number of furan rings is 1. The number of halogens is 1. The molecule has 0 saturated carbocycles. The smallest absolute Gasteiger partial charge is 0.315 e. The van der Waals surface area contributed by atoms with Gasteiger partial charge in [0.05, 0.1) is 5.56 Å². The van der Waals surface area contributed by atoms with E-state index in [-0.39, 0.29) is 5.76 Å². The standard InChI is InChI=1S/C15H11FN2O2S/c1-18-8-9-21-15(18)17-14(19)13-7-6-12(20-13)10-4-2-3-5-11(10)16/h2-9H,1H3. The minimum Gasteiger partial charge on any atom is -0.451 e. The zero-order valence-electron chi connectivity index (χ0n) is 11.1. The third kappa shape index (κ3) is 2.71. The number of rotatable bonds is 2. The number of aryl methyl sites for hydroxylation is 1. The van der Waals surface area contributed by atoms with Crippen molar-refractivity contribution in [2.45, 2.75) is 0 Å². The SMILES string of the molecule is Cn1ccsc1=NC(=O)c1ccc(-c2ccccc2F)o1. The number of hydrogen-bond acceptors (Lipinski definition) is 3. The first kappa shape index (κ1) is 13.5. The van der Waals surface area contributed by atoms with E-state index in [1.165, 1.54) is 23.5 Å². The lowest BCUT2D eigenvalue weighted by atomic mass is 10.1. The van der Waals surface area contributed by atoms with E-state index < -0.39 is 11.7 Å². The molecular formula is C15H11FN2O2S. The Kier molecular flexibility index (Phi) is 3.53. The van der Waals surface area contributed by atoms with Crippen LogP contribution in [-0.2, 0) is 7.05 Å². The lowest BCUT2D eigenvalue weighted by Gasteiger charge is -1.97. The van der Waals surface area contributed by atoms with Crippen LogP contribution < -0.4 is 4.80 Å². The van der Waals surface area contributed by atoms with Crippen LogP contribution in [0.1, 0.15) is 10.6 Å². The molecule has 0 saturated heterocycles. The normalized spacial score (nSPS) is 11.8. The van der Waals surface area contributed by atoms with Crippen molar-refractivity contribution < 1.29 is 13.6 Å². The van der Waals surface area contributed by atoms with Crippen molar-refractivity contribution >= 4 is 17.2 Å². The first-order valence-corrected chi connectivity index (χ1v) is 7.07. The van der Waals surface area contributed by atoms with Gasteiger partial charge in [-0.1, -0.05) is 12.1 Å². The van der Waals surface area contributed by atoms with E-state index in [4.69, 9.17) is 4.42 Å². The first-order valence-electron chi connectivity index (χ1n) is 6.19. The van der Waals surface area contributed by atoms with Crippen LogP contribution in [0.4, 0.5) is 4.39 Å². The number of carbonyl (C=O) groups excluding carboxylic acids is 1. The summed E-state index contributed by atoms with van der Waals surface area (Å²) in [5.74, 6) is -0.494. The molecule has 106 valence electrons. The highest BCUT2D eigenvalue weighted by atomic mass is 32.1. The zero-order valence-corrected chi connectivity index (χ0v) is 11.9. The topological polar surface area (TPSA) is 47.5 Å². The number of nitrogens with zero attached hydrogens (tertiary/aromatic N) is 2. The second-order valence-corrected chi connectivity index (χ2v) is 5.23. The summed E-state index contributed by atoms with van der Waals surface area (Å²) in [6.07, 6.45) is 1.81. The van der Waals surface area contributed by atoms with E-state index in [0.29, 0.717) is 16.1 Å². The Bertz CT molecular complexity index is 860. The molecule has 0 radical (unpaired) electrons. The molecule has 21 heavy (non-hydrogen) atoms. The molecule has 0 bridgehead atoms. The molecule has 0 unspecified atom stereocenters. The molecule has 0 atom stereocenters. The quantitative estimate of drug-likeness (QED) is 0.729. The number of carbonyl (C=O) groups is 1. The highest BCUT2D eigenvalue weighted by Gasteiger charge is 2.13. The third-order valence-electron chi connectivity index (χ3n) is 2.91. The van der Waals surface area contributed by atoms with Crippen molar-refractivity contribution in [3.63, 3.8) is 0 Å². The molecule has 3 rings (SSSR count). The monoisotopic (exact) mass is 302 g/mol. The largest absolute Gasteiger partial charge is 0.451 e. The van der Waals surface area contributed by atoms with E-state index in [1.54, 1.807) is 35.9 Å². The Labute approximate surface area is 123 Å². The Morgan fingerprint density at radius 3 is 2.81 bits per heavy atom. The van der Waals surface area contributed by atoms with Gasteiger partial charge in [-0.3, -0.25) is 4.79 Å². The van der Waals surface area contributed by atoms with Gasteiger partial charge >= 0.3 is 5.91 Å². The second-order valence-electron chi connectivity index (χ2n) is 4.36. The van der Waals surface area contributed by atoms with Gasteiger partial charge in [0.2, 0.25) is 0 Å². The van der Waals surface area contributed by atoms with Gasteiger partial charge in [-0.2, -0.15) is 4.99 Å². The molecule has 1 amide bonds. The number of aromatic nitrogens is 1. The van der Waals surface area contributed by atoms with Crippen LogP contribution in [0, 0.1) is 5.82 Å². The molecule has 2 heterocycles. The van der Waals surface area contributed by atoms with Crippen LogP contribution in [0.25, 0.3) is 11.3 Å². The average Bonchev–Trinajstić information content (AvgIpc) is 3.09. The molecule has 3 aromatic rings. The lowest BCUT2D eigenvalue weighted by molar-refractivity contribution is 0.0972. The van der Waals surface area contributed by atoms with E-state index in [2.05, 4.69) is 4.99 Å². The molecule has 0 aliphatic rings. The lowest BCUT2D eigenvalue weighted by Crippen LogP contribution is -2.12. The molecular weight excluding hydrogens is 291 g/mol. The summed E-state index contributed by atoms with van der Waals surface area (Å²) < 4.78 is 20.8. The van der Waals surface area contributed by atoms with Gasteiger partial charge in [-0.05, 0) is 24.3 Å². The predicted molar refractivity (Wildman–Crippen MR) is 77.3 cm³/mol. The fourth-order valence-electron chi connectivity index (χ4n) is 1.84. The van der Waals surface area contributed by atoms with Crippen LogP contribution >= 0.6 is 11.3 Å². The van der Waals surface area contributed by atoms with Crippen molar-refractivity contribution in [3.05, 3.63) is 64.4 Å². The van der Waals surface area contributed by atoms with Crippen LogP contribution in [0.3, 0.4) is 0 Å². The van der Waals surface area contributed by atoms with Gasteiger partial charge in [-0.25, -0.2) is 4.39 Å². The number of benzene rings is 1. The highest BCUT2D eigenvalue weighted by molar-refractivity contribution is 7.07. The molecule has 0 aliphatic heterocycles. The first-order chi connectivity index (χ1) is 10.1. The summed E-state index contributed by atoms with van der Waals surface area (Å²) in [5, 5.41) is 1.83. The Hall–Kier alpha value is -2.47. The van der Waals surface area contributed by atoms with E-state index in [0.717, 1.165) is 0 Å². The van der Waals surface area contributed by atoms with Gasteiger partial charge in [0.25, 0.3) is 0 Å². The van der Waals surface area contributed by atoms with Crippen molar-refractivity contribution in [2.24, 2.45) is 12.0 Å². The minimum atomic E-state index is -0.490. The van der Waals surface area contributed by atoms with Crippen LogP contribution in [0.2, 0.25) is 0 Å². The summed E-state index contributed by atoms with van der Waals surface area (Å²) in [5.41, 5.74) is 0.318. The molecule has 4 nitrogen and oxygen atoms in total. The second kappa shape index (κ2) is 5.49. The van der Waals surface area contributed by atoms with Crippen LogP contribution in [0.5, 0.6) is 0 Å². The molecule has 0 N–H and O–H groups in total. The molecule has 1 aromatic carbocycles. The summed E-state index contributed by atoms with van der Waals surface area (Å²) in [7, 11) is 1.80. The fourth-order valence-corrected chi connectivity index (χ4v) is 2.56. The van der Waals surface area contributed by atoms with E-state index >= 15 is 0 Å². The van der Waals surface area contributed by atoms with E-state index in [1.807, 2.05) is 11.6 Å². The summed E-state index contributed by atoms with van der Waals surface area (Å²) >= 11 is 1.35. The maximum absolute atomic E-state index is 13.7. The average molecular weight is 302 g/mol. The molecule has 2 aromatic heterocycles. The van der Waals surface area contributed by atoms with Gasteiger partial charge < -0.3 is 8.98 Å². The van der Waals surface area contributed by atoms with Gasteiger partial charge in [0.15, 0.2) is 10.6 Å². The number of hydrogen-bond donors (Lipinski definition) is 0. The molecule has 6 heteroatoms.